The number of aliphatic hydroxyl groups excluding tert-OH is 1. The number of H-pyrrole nitrogens is 1. The number of nitrogens with one attached hydrogen (secondary N) is 1. The van der Waals surface area contributed by atoms with Crippen molar-refractivity contribution in [3.63, 3.8) is 0 Å². The van der Waals surface area contributed by atoms with Gasteiger partial charge >= 0.3 is 0 Å². The van der Waals surface area contributed by atoms with Crippen LogP contribution in [0, 0.1) is 0 Å². The molecule has 1 aromatic carbocycles. The number of nitrogens with zero attached hydrogens (tertiary/aromatic N) is 3. The summed E-state index contributed by atoms with van der Waals surface area (Å²) in [6, 6.07) is 6.97. The predicted molar refractivity (Wildman–Crippen MR) is 96.3 cm³/mol. The van der Waals surface area contributed by atoms with Gasteiger partial charge in [-0.2, -0.15) is 5.10 Å². The molecule has 1 saturated heterocycles. The number of anilines is 1. The van der Waals surface area contributed by atoms with Crippen molar-refractivity contribution in [2.24, 2.45) is 0 Å². The number of aliphatic hydroxyl groups is 1. The molecular weight excluding hydrogens is 342 g/mol. The molecule has 134 valence electrons. The van der Waals surface area contributed by atoms with Crippen molar-refractivity contribution in [3.8, 4) is 0 Å². The molecule has 1 aromatic heterocycles. The fraction of sp³-hybridized carbons (Fsp3) is 0.412. The lowest BCUT2D eigenvalue weighted by atomic mass is 10.1. The summed E-state index contributed by atoms with van der Waals surface area (Å²) in [6.45, 7) is 2.98. The van der Waals surface area contributed by atoms with Gasteiger partial charge in [0.05, 0.1) is 6.10 Å². The van der Waals surface area contributed by atoms with Crippen molar-refractivity contribution in [1.29, 1.82) is 0 Å². The molecule has 1 atom stereocenters. The van der Waals surface area contributed by atoms with E-state index in [-0.39, 0.29) is 12.0 Å². The molecule has 1 aliphatic heterocycles. The minimum absolute atomic E-state index is 0.156. The highest BCUT2D eigenvalue weighted by atomic mass is 35.5. The summed E-state index contributed by atoms with van der Waals surface area (Å²) >= 11 is 6.27. The molecule has 4 N–H and O–H groups in total. The fourth-order valence-corrected chi connectivity index (χ4v) is 3.25. The Bertz CT molecular complexity index is 702. The Morgan fingerprint density at radius 2 is 2.32 bits per heavy atom. The highest BCUT2D eigenvalue weighted by Crippen LogP contribution is 2.24. The monoisotopic (exact) mass is 363 g/mol. The average Bonchev–Trinajstić information content (AvgIpc) is 3.25. The number of aromatic nitrogens is 2. The standard InChI is InChI=1S/C17H22ClN5O2/c18-14-2-1-3-15(19)13(14)11-23(17(25)16-4-6-20-21-16)9-8-22-7-5-12(24)10-22/h1-4,6,12,24H,5,7-11,19H2,(H,20,21). The molecule has 1 aliphatic rings. The lowest BCUT2D eigenvalue weighted by Crippen LogP contribution is -2.38. The van der Waals surface area contributed by atoms with Gasteiger partial charge in [-0.25, -0.2) is 0 Å². The van der Waals surface area contributed by atoms with Crippen LogP contribution in [0.5, 0.6) is 0 Å². The third-order valence-electron chi connectivity index (χ3n) is 4.46. The predicted octanol–water partition coefficient (Wildman–Crippen LogP) is 1.35. The molecule has 0 spiro atoms. The maximum atomic E-state index is 12.8. The second kappa shape index (κ2) is 7.86. The largest absolute Gasteiger partial charge is 0.398 e. The van der Waals surface area contributed by atoms with Gasteiger partial charge in [0.15, 0.2) is 0 Å². The summed E-state index contributed by atoms with van der Waals surface area (Å²) in [4.78, 5) is 16.7. The Labute approximate surface area is 151 Å². The van der Waals surface area contributed by atoms with Crippen LogP contribution in [0.15, 0.2) is 30.5 Å². The Morgan fingerprint density at radius 3 is 2.96 bits per heavy atom. The van der Waals surface area contributed by atoms with Crippen LogP contribution in [0.25, 0.3) is 0 Å². The molecular formula is C17H22ClN5O2. The average molecular weight is 364 g/mol. The number of hydrogen-bond acceptors (Lipinski definition) is 5. The zero-order valence-electron chi connectivity index (χ0n) is 13.9. The van der Waals surface area contributed by atoms with E-state index in [1.165, 1.54) is 0 Å². The fourth-order valence-electron chi connectivity index (χ4n) is 3.01. The smallest absolute Gasteiger partial charge is 0.272 e. The number of nitrogen functional groups attached to an aromatic ring is 1. The number of carbonyl (C=O) groups is 1. The molecule has 3 rings (SSSR count). The Balaban J connectivity index is 1.75. The van der Waals surface area contributed by atoms with Crippen molar-refractivity contribution >= 4 is 23.2 Å². The third kappa shape index (κ3) is 4.31. The van der Waals surface area contributed by atoms with Gasteiger partial charge in [0, 0.05) is 55.2 Å². The van der Waals surface area contributed by atoms with Crippen LogP contribution < -0.4 is 5.73 Å². The Morgan fingerprint density at radius 1 is 1.48 bits per heavy atom. The Kier molecular flexibility index (Phi) is 5.57. The first-order valence-corrected chi connectivity index (χ1v) is 8.64. The number of halogens is 1. The van der Waals surface area contributed by atoms with E-state index in [9.17, 15) is 9.90 Å². The van der Waals surface area contributed by atoms with Gasteiger partial charge < -0.3 is 15.7 Å². The van der Waals surface area contributed by atoms with E-state index < -0.39 is 0 Å². The molecule has 0 saturated carbocycles. The number of benzene rings is 1. The van der Waals surface area contributed by atoms with Gasteiger partial charge in [0.2, 0.25) is 0 Å². The molecule has 1 fully saturated rings. The molecule has 1 amide bonds. The molecule has 7 nitrogen and oxygen atoms in total. The number of amides is 1. The lowest BCUT2D eigenvalue weighted by molar-refractivity contribution is 0.0718. The Hall–Kier alpha value is -2.09. The van der Waals surface area contributed by atoms with Gasteiger partial charge in [-0.15, -0.1) is 0 Å². The minimum Gasteiger partial charge on any atom is -0.398 e. The van der Waals surface area contributed by atoms with Crippen LogP contribution in [-0.2, 0) is 6.54 Å². The number of likely N-dealkylation sites (tertiary alicyclic amines) is 1. The molecule has 1 unspecified atom stereocenters. The van der Waals surface area contributed by atoms with Crippen molar-refractivity contribution in [2.45, 2.75) is 19.1 Å². The summed E-state index contributed by atoms with van der Waals surface area (Å²) in [5.41, 5.74) is 7.76. The SMILES string of the molecule is Nc1cccc(Cl)c1CN(CCN1CCC(O)C1)C(=O)c1ccn[nH]1. The number of hydrogen-bond donors (Lipinski definition) is 3. The molecule has 8 heteroatoms. The van der Waals surface area contributed by atoms with Crippen LogP contribution in [0.3, 0.4) is 0 Å². The topological polar surface area (TPSA) is 98.5 Å². The summed E-state index contributed by atoms with van der Waals surface area (Å²) < 4.78 is 0. The molecule has 0 bridgehead atoms. The van der Waals surface area contributed by atoms with Crippen LogP contribution in [0.2, 0.25) is 5.02 Å². The maximum Gasteiger partial charge on any atom is 0.272 e. The highest BCUT2D eigenvalue weighted by molar-refractivity contribution is 6.31. The molecule has 0 aliphatic carbocycles. The first-order chi connectivity index (χ1) is 12.0. The van der Waals surface area contributed by atoms with E-state index in [0.717, 1.165) is 18.5 Å². The number of aromatic amines is 1. The zero-order chi connectivity index (χ0) is 17.8. The van der Waals surface area contributed by atoms with Crippen molar-refractivity contribution in [1.82, 2.24) is 20.0 Å². The first-order valence-electron chi connectivity index (χ1n) is 8.26. The third-order valence-corrected chi connectivity index (χ3v) is 4.81. The molecule has 2 aromatic rings. The van der Waals surface area contributed by atoms with Crippen LogP contribution in [-0.4, -0.2) is 63.3 Å². The summed E-state index contributed by atoms with van der Waals surface area (Å²) in [5, 5.41) is 16.8. The molecule has 0 radical (unpaired) electrons. The van der Waals surface area contributed by atoms with Crippen LogP contribution >= 0.6 is 11.6 Å². The second-order valence-electron chi connectivity index (χ2n) is 6.25. The van der Waals surface area contributed by atoms with Gasteiger partial charge in [-0.3, -0.25) is 14.8 Å². The van der Waals surface area contributed by atoms with Gasteiger partial charge in [0.1, 0.15) is 5.69 Å². The van der Waals surface area contributed by atoms with Crippen molar-refractivity contribution < 1.29 is 9.90 Å². The second-order valence-corrected chi connectivity index (χ2v) is 6.65. The van der Waals surface area contributed by atoms with Crippen LogP contribution in [0.1, 0.15) is 22.5 Å². The van der Waals surface area contributed by atoms with Gasteiger partial charge in [0.25, 0.3) is 5.91 Å². The van der Waals surface area contributed by atoms with Crippen molar-refractivity contribution in [3.05, 3.63) is 46.7 Å². The minimum atomic E-state index is -0.282. The van der Waals surface area contributed by atoms with E-state index >= 15 is 0 Å². The van der Waals surface area contributed by atoms with Crippen LogP contribution in [0.4, 0.5) is 5.69 Å². The first kappa shape index (κ1) is 17.7. The van der Waals surface area contributed by atoms with E-state index in [2.05, 4.69) is 15.1 Å². The summed E-state index contributed by atoms with van der Waals surface area (Å²) in [5.74, 6) is -0.156. The van der Waals surface area contributed by atoms with E-state index in [4.69, 9.17) is 17.3 Å². The normalized spacial score (nSPS) is 17.8. The number of nitrogens with two attached hydrogens (primary N) is 1. The number of β-amino-alcohol motifs (C(OH)–C–C–N with tert-alkyl or cyclic N) is 1. The number of carbonyl (C=O) groups excluding carboxylic acids is 1. The van der Waals surface area contributed by atoms with Crippen molar-refractivity contribution in [2.75, 3.05) is 31.9 Å². The van der Waals surface area contributed by atoms with Gasteiger partial charge in [-0.05, 0) is 24.6 Å². The van der Waals surface area contributed by atoms with E-state index in [1.807, 2.05) is 0 Å². The maximum absolute atomic E-state index is 12.8. The lowest BCUT2D eigenvalue weighted by Gasteiger charge is -2.26. The quantitative estimate of drug-likeness (QED) is 0.673. The van der Waals surface area contributed by atoms with E-state index in [0.29, 0.717) is 42.6 Å². The number of rotatable bonds is 6. The van der Waals surface area contributed by atoms with E-state index in [1.54, 1.807) is 35.4 Å². The van der Waals surface area contributed by atoms with Gasteiger partial charge in [-0.1, -0.05) is 17.7 Å². The summed E-state index contributed by atoms with van der Waals surface area (Å²) in [7, 11) is 0. The summed E-state index contributed by atoms with van der Waals surface area (Å²) in [6.07, 6.45) is 2.04. The molecule has 25 heavy (non-hydrogen) atoms. The molecule has 2 heterocycles. The zero-order valence-corrected chi connectivity index (χ0v) is 14.6. The highest BCUT2D eigenvalue weighted by Gasteiger charge is 2.23.